The first-order valence-corrected chi connectivity index (χ1v) is 13.2. The first kappa shape index (κ1) is 25.7. The lowest BCUT2D eigenvalue weighted by Gasteiger charge is -2.15. The topological polar surface area (TPSA) is 62.6 Å². The van der Waals surface area contributed by atoms with Crippen LogP contribution in [0.25, 0.3) is 6.08 Å². The molecule has 5 nitrogen and oxygen atoms in total. The summed E-state index contributed by atoms with van der Waals surface area (Å²) in [6, 6.07) is 18.2. The molecule has 0 N–H and O–H groups in total. The standard InChI is InChI=1S/C25H15Br2ClN2O3S2/c1-32-21-9-16(8-19(27)23(21)33-13-15-4-2-14(12-29)3-5-15)10-22-24(31)30(25(34)35-22)17-6-7-18(26)20(28)11-17/h2-11H,13H2,1H3/b22-10+. The molecule has 0 aromatic heterocycles. The summed E-state index contributed by atoms with van der Waals surface area (Å²) in [5.41, 5.74) is 2.85. The smallest absolute Gasteiger partial charge is 0.270 e. The Morgan fingerprint density at radius 2 is 1.89 bits per heavy atom. The number of rotatable bonds is 6. The summed E-state index contributed by atoms with van der Waals surface area (Å²) in [5.74, 6) is 0.815. The van der Waals surface area contributed by atoms with Crippen molar-refractivity contribution in [2.45, 2.75) is 6.61 Å². The van der Waals surface area contributed by atoms with Crippen molar-refractivity contribution in [1.82, 2.24) is 0 Å². The second kappa shape index (κ2) is 11.1. The van der Waals surface area contributed by atoms with Crippen LogP contribution in [0.3, 0.4) is 0 Å². The Kier molecular flexibility index (Phi) is 8.19. The van der Waals surface area contributed by atoms with Gasteiger partial charge in [0.2, 0.25) is 0 Å². The molecule has 0 saturated carbocycles. The molecular weight excluding hydrogens is 636 g/mol. The first-order chi connectivity index (χ1) is 16.8. The molecule has 176 valence electrons. The van der Waals surface area contributed by atoms with Crippen molar-refractivity contribution in [2.75, 3.05) is 12.0 Å². The highest BCUT2D eigenvalue weighted by Gasteiger charge is 2.33. The van der Waals surface area contributed by atoms with E-state index in [9.17, 15) is 4.79 Å². The van der Waals surface area contributed by atoms with Crippen LogP contribution in [0.2, 0.25) is 5.02 Å². The van der Waals surface area contributed by atoms with E-state index in [1.165, 1.54) is 16.7 Å². The minimum Gasteiger partial charge on any atom is -0.493 e. The molecule has 1 heterocycles. The molecule has 0 spiro atoms. The maximum atomic E-state index is 13.1. The van der Waals surface area contributed by atoms with Crippen molar-refractivity contribution in [2.24, 2.45) is 0 Å². The Hall–Kier alpha value is -2.35. The van der Waals surface area contributed by atoms with E-state index in [0.717, 1.165) is 15.6 Å². The molecule has 0 bridgehead atoms. The van der Waals surface area contributed by atoms with Crippen LogP contribution in [0.5, 0.6) is 11.5 Å². The summed E-state index contributed by atoms with van der Waals surface area (Å²) in [7, 11) is 1.55. The molecule has 0 unspecified atom stereocenters. The fourth-order valence-corrected chi connectivity index (χ4v) is 5.55. The number of amides is 1. The van der Waals surface area contributed by atoms with E-state index < -0.39 is 0 Å². The second-order valence-corrected chi connectivity index (χ2v) is 11.0. The average molecular weight is 651 g/mol. The van der Waals surface area contributed by atoms with Crippen LogP contribution >= 0.6 is 67.4 Å². The fourth-order valence-electron chi connectivity index (χ4n) is 3.26. The number of ether oxygens (including phenoxy) is 2. The largest absolute Gasteiger partial charge is 0.493 e. The van der Waals surface area contributed by atoms with E-state index in [4.69, 9.17) is 38.6 Å². The van der Waals surface area contributed by atoms with E-state index in [2.05, 4.69) is 37.9 Å². The zero-order chi connectivity index (χ0) is 25.1. The summed E-state index contributed by atoms with van der Waals surface area (Å²) in [5, 5.41) is 9.44. The van der Waals surface area contributed by atoms with Crippen LogP contribution in [-0.4, -0.2) is 17.3 Å². The summed E-state index contributed by atoms with van der Waals surface area (Å²) in [6.07, 6.45) is 1.76. The third kappa shape index (κ3) is 5.74. The lowest BCUT2D eigenvalue weighted by molar-refractivity contribution is -0.113. The predicted molar refractivity (Wildman–Crippen MR) is 151 cm³/mol. The van der Waals surface area contributed by atoms with E-state index in [1.54, 1.807) is 49.6 Å². The monoisotopic (exact) mass is 648 g/mol. The normalized spacial score (nSPS) is 14.4. The molecule has 1 fully saturated rings. The molecule has 1 amide bonds. The van der Waals surface area contributed by atoms with Gasteiger partial charge >= 0.3 is 0 Å². The highest BCUT2D eigenvalue weighted by molar-refractivity contribution is 9.10. The van der Waals surface area contributed by atoms with E-state index in [-0.39, 0.29) is 5.91 Å². The molecule has 1 aliphatic rings. The van der Waals surface area contributed by atoms with Crippen LogP contribution in [0.4, 0.5) is 5.69 Å². The number of carbonyl (C=O) groups is 1. The first-order valence-electron chi connectivity index (χ1n) is 10.0. The molecule has 3 aromatic carbocycles. The van der Waals surface area contributed by atoms with Crippen molar-refractivity contribution < 1.29 is 14.3 Å². The fraction of sp³-hybridized carbons (Fsp3) is 0.0800. The zero-order valence-electron chi connectivity index (χ0n) is 18.1. The van der Waals surface area contributed by atoms with Crippen molar-refractivity contribution in [3.63, 3.8) is 0 Å². The molecular formula is C25H15Br2ClN2O3S2. The number of thioether (sulfide) groups is 1. The number of thiocarbonyl (C=S) groups is 1. The Morgan fingerprint density at radius 3 is 2.54 bits per heavy atom. The summed E-state index contributed by atoms with van der Waals surface area (Å²) in [6.45, 7) is 0.300. The number of halogens is 3. The van der Waals surface area contributed by atoms with E-state index in [0.29, 0.717) is 48.1 Å². The van der Waals surface area contributed by atoms with Gasteiger partial charge in [0, 0.05) is 4.47 Å². The molecule has 4 rings (SSSR count). The summed E-state index contributed by atoms with van der Waals surface area (Å²) < 4.78 is 13.4. The molecule has 1 aliphatic heterocycles. The third-order valence-corrected chi connectivity index (χ3v) is 8.09. The number of carbonyl (C=O) groups excluding carboxylic acids is 1. The second-order valence-electron chi connectivity index (χ2n) is 7.25. The van der Waals surface area contributed by atoms with Crippen LogP contribution in [0.1, 0.15) is 16.7 Å². The molecule has 3 aromatic rings. The van der Waals surface area contributed by atoms with Gasteiger partial charge in [-0.15, -0.1) is 0 Å². The number of nitrogens with zero attached hydrogens (tertiary/aromatic N) is 2. The average Bonchev–Trinajstić information content (AvgIpc) is 3.12. The lowest BCUT2D eigenvalue weighted by Crippen LogP contribution is -2.27. The van der Waals surface area contributed by atoms with Gasteiger partial charge in [0.25, 0.3) is 5.91 Å². The van der Waals surface area contributed by atoms with Crippen molar-refractivity contribution >= 4 is 89.4 Å². The summed E-state index contributed by atoms with van der Waals surface area (Å²) >= 11 is 19.8. The van der Waals surface area contributed by atoms with Crippen LogP contribution in [-0.2, 0) is 11.4 Å². The molecule has 10 heteroatoms. The minimum absolute atomic E-state index is 0.227. The molecule has 0 radical (unpaired) electrons. The minimum atomic E-state index is -0.227. The maximum absolute atomic E-state index is 13.1. The molecule has 1 saturated heterocycles. The molecule has 0 aliphatic carbocycles. The Morgan fingerprint density at radius 1 is 1.14 bits per heavy atom. The number of benzene rings is 3. The number of nitriles is 1. The number of anilines is 1. The van der Waals surface area contributed by atoms with Gasteiger partial charge in [-0.05, 0) is 91.5 Å². The van der Waals surface area contributed by atoms with Gasteiger partial charge in [-0.25, -0.2) is 0 Å². The Balaban J connectivity index is 1.57. The van der Waals surface area contributed by atoms with Crippen molar-refractivity contribution in [3.8, 4) is 17.6 Å². The number of hydrogen-bond donors (Lipinski definition) is 0. The highest BCUT2D eigenvalue weighted by Crippen LogP contribution is 2.41. The van der Waals surface area contributed by atoms with Gasteiger partial charge in [0.1, 0.15) is 6.61 Å². The molecule has 35 heavy (non-hydrogen) atoms. The Bertz CT molecular complexity index is 1410. The van der Waals surface area contributed by atoms with Gasteiger partial charge in [-0.2, -0.15) is 5.26 Å². The quantitative estimate of drug-likeness (QED) is 0.201. The van der Waals surface area contributed by atoms with Crippen molar-refractivity contribution in [3.05, 3.63) is 90.2 Å². The van der Waals surface area contributed by atoms with Crippen LogP contribution in [0, 0.1) is 11.3 Å². The van der Waals surface area contributed by atoms with E-state index >= 15 is 0 Å². The number of hydrogen-bond acceptors (Lipinski definition) is 6. The summed E-state index contributed by atoms with van der Waals surface area (Å²) in [4.78, 5) is 15.1. The van der Waals surface area contributed by atoms with Crippen LogP contribution in [0.15, 0.2) is 68.4 Å². The van der Waals surface area contributed by atoms with Gasteiger partial charge < -0.3 is 9.47 Å². The van der Waals surface area contributed by atoms with E-state index in [1.807, 2.05) is 18.2 Å². The van der Waals surface area contributed by atoms with Gasteiger partial charge in [0.05, 0.1) is 38.8 Å². The zero-order valence-corrected chi connectivity index (χ0v) is 23.6. The Labute approximate surface area is 233 Å². The van der Waals surface area contributed by atoms with Gasteiger partial charge in [-0.3, -0.25) is 9.69 Å². The number of methoxy groups -OCH3 is 1. The van der Waals surface area contributed by atoms with Gasteiger partial charge in [-0.1, -0.05) is 47.7 Å². The highest BCUT2D eigenvalue weighted by atomic mass is 79.9. The lowest BCUT2D eigenvalue weighted by atomic mass is 10.1. The van der Waals surface area contributed by atoms with Crippen LogP contribution < -0.4 is 14.4 Å². The predicted octanol–water partition coefficient (Wildman–Crippen LogP) is 7.73. The molecule has 0 atom stereocenters. The van der Waals surface area contributed by atoms with Crippen molar-refractivity contribution in [1.29, 1.82) is 5.26 Å². The SMILES string of the molecule is COc1cc(/C=C2/SC(=S)N(c3ccc(Br)c(Cl)c3)C2=O)cc(Br)c1OCc1ccc(C#N)cc1. The maximum Gasteiger partial charge on any atom is 0.270 e. The third-order valence-electron chi connectivity index (χ3n) is 4.97. The van der Waals surface area contributed by atoms with Gasteiger partial charge in [0.15, 0.2) is 15.8 Å².